The second-order valence-electron chi connectivity index (χ2n) is 6.11. The van der Waals surface area contributed by atoms with Gasteiger partial charge in [0.2, 0.25) is 0 Å². The van der Waals surface area contributed by atoms with Gasteiger partial charge in [0.15, 0.2) is 0 Å². The normalized spacial score (nSPS) is 11.4. The number of nitro benzene ring substituents is 1. The first-order valence-corrected chi connectivity index (χ1v) is 8.33. The monoisotopic (exact) mass is 360 g/mol. The van der Waals surface area contributed by atoms with E-state index in [9.17, 15) is 10.1 Å². The Morgan fingerprint density at radius 3 is 2.52 bits per heavy atom. The molecule has 134 valence electrons. The predicted octanol–water partition coefficient (Wildman–Crippen LogP) is 3.38. The SMILES string of the molecule is Cc1c(C=Nn2cnnc2)c2ccccc2n1Cc1ccc([N+](=O)[O-])cc1. The third-order valence-electron chi connectivity index (χ3n) is 4.49. The van der Waals surface area contributed by atoms with Crippen LogP contribution in [-0.2, 0) is 6.54 Å². The minimum absolute atomic E-state index is 0.0922. The van der Waals surface area contributed by atoms with E-state index in [1.165, 1.54) is 24.8 Å². The van der Waals surface area contributed by atoms with Crippen molar-refractivity contribution < 1.29 is 4.92 Å². The second-order valence-corrected chi connectivity index (χ2v) is 6.11. The highest BCUT2D eigenvalue weighted by Gasteiger charge is 2.13. The Kier molecular flexibility index (Phi) is 4.21. The van der Waals surface area contributed by atoms with Gasteiger partial charge in [0.05, 0.1) is 11.1 Å². The standard InChI is InChI=1S/C19H16N6O2/c1-14-18(10-22-23-12-20-21-13-23)17-4-2-3-5-19(17)24(14)11-15-6-8-16(9-7-15)25(26)27/h2-10,12-13H,11H2,1H3. The van der Waals surface area contributed by atoms with Crippen LogP contribution < -0.4 is 0 Å². The summed E-state index contributed by atoms with van der Waals surface area (Å²) in [5.74, 6) is 0. The van der Waals surface area contributed by atoms with Crippen LogP contribution in [0.4, 0.5) is 5.69 Å². The van der Waals surface area contributed by atoms with E-state index in [1.807, 2.05) is 19.1 Å². The molecule has 0 fully saturated rings. The zero-order valence-corrected chi connectivity index (χ0v) is 14.6. The lowest BCUT2D eigenvalue weighted by molar-refractivity contribution is -0.384. The summed E-state index contributed by atoms with van der Waals surface area (Å²) in [5.41, 5.74) is 4.24. The first-order valence-electron chi connectivity index (χ1n) is 8.33. The van der Waals surface area contributed by atoms with Crippen LogP contribution in [0.15, 0.2) is 66.3 Å². The van der Waals surface area contributed by atoms with E-state index in [0.29, 0.717) is 6.54 Å². The van der Waals surface area contributed by atoms with Crippen molar-refractivity contribution in [1.82, 2.24) is 19.4 Å². The number of para-hydroxylation sites is 1. The molecule has 8 nitrogen and oxygen atoms in total. The number of hydrogen-bond donors (Lipinski definition) is 0. The molecule has 0 aliphatic heterocycles. The van der Waals surface area contributed by atoms with Crippen LogP contribution in [0.25, 0.3) is 10.9 Å². The molecule has 2 heterocycles. The van der Waals surface area contributed by atoms with E-state index in [4.69, 9.17) is 0 Å². The summed E-state index contributed by atoms with van der Waals surface area (Å²) < 4.78 is 3.73. The number of fused-ring (bicyclic) bond motifs is 1. The van der Waals surface area contributed by atoms with Gasteiger partial charge in [-0.3, -0.25) is 10.1 Å². The Morgan fingerprint density at radius 1 is 1.11 bits per heavy atom. The number of non-ortho nitro benzene ring substituents is 1. The molecular formula is C19H16N6O2. The highest BCUT2D eigenvalue weighted by atomic mass is 16.6. The van der Waals surface area contributed by atoms with E-state index >= 15 is 0 Å². The molecule has 0 aliphatic carbocycles. The van der Waals surface area contributed by atoms with Gasteiger partial charge >= 0.3 is 0 Å². The third-order valence-corrected chi connectivity index (χ3v) is 4.49. The molecule has 0 spiro atoms. The fourth-order valence-corrected chi connectivity index (χ4v) is 3.11. The molecule has 8 heteroatoms. The molecule has 2 aromatic carbocycles. The van der Waals surface area contributed by atoms with Gasteiger partial charge in [-0.1, -0.05) is 30.3 Å². The average molecular weight is 360 g/mol. The number of aromatic nitrogens is 4. The molecule has 0 amide bonds. The Balaban J connectivity index is 1.74. The number of nitrogens with zero attached hydrogens (tertiary/aromatic N) is 6. The van der Waals surface area contributed by atoms with Crippen LogP contribution in [0.3, 0.4) is 0 Å². The zero-order chi connectivity index (χ0) is 18.8. The molecule has 27 heavy (non-hydrogen) atoms. The van der Waals surface area contributed by atoms with E-state index in [1.54, 1.807) is 23.0 Å². The predicted molar refractivity (Wildman–Crippen MR) is 102 cm³/mol. The lowest BCUT2D eigenvalue weighted by Crippen LogP contribution is -2.02. The zero-order valence-electron chi connectivity index (χ0n) is 14.6. The van der Waals surface area contributed by atoms with E-state index in [2.05, 4.69) is 32.0 Å². The van der Waals surface area contributed by atoms with E-state index in [-0.39, 0.29) is 10.6 Å². The number of rotatable bonds is 5. The fraction of sp³-hybridized carbons (Fsp3) is 0.105. The van der Waals surface area contributed by atoms with Crippen molar-refractivity contribution in [2.45, 2.75) is 13.5 Å². The molecule has 4 rings (SSSR count). The quantitative estimate of drug-likeness (QED) is 0.310. The maximum atomic E-state index is 10.8. The molecular weight excluding hydrogens is 344 g/mol. The molecule has 0 atom stereocenters. The van der Waals surface area contributed by atoms with Gasteiger partial charge in [0.25, 0.3) is 5.69 Å². The molecule has 0 aliphatic rings. The summed E-state index contributed by atoms with van der Waals surface area (Å²) in [5, 5.41) is 23.8. The Morgan fingerprint density at radius 2 is 1.81 bits per heavy atom. The van der Waals surface area contributed by atoms with Gasteiger partial charge in [0, 0.05) is 40.8 Å². The van der Waals surface area contributed by atoms with Crippen LogP contribution >= 0.6 is 0 Å². The summed E-state index contributed by atoms with van der Waals surface area (Å²) in [6.45, 7) is 2.66. The van der Waals surface area contributed by atoms with Crippen molar-refractivity contribution in [3.63, 3.8) is 0 Å². The van der Waals surface area contributed by atoms with Crippen molar-refractivity contribution in [3.05, 3.63) is 88.1 Å². The van der Waals surface area contributed by atoms with Crippen molar-refractivity contribution in [1.29, 1.82) is 0 Å². The van der Waals surface area contributed by atoms with Gasteiger partial charge in [-0.15, -0.1) is 10.2 Å². The van der Waals surface area contributed by atoms with Crippen LogP contribution in [0, 0.1) is 17.0 Å². The number of nitro groups is 1. The van der Waals surface area contributed by atoms with Crippen LogP contribution in [0.2, 0.25) is 0 Å². The topological polar surface area (TPSA) is 91.1 Å². The van der Waals surface area contributed by atoms with Gasteiger partial charge in [-0.25, -0.2) is 4.68 Å². The van der Waals surface area contributed by atoms with Gasteiger partial charge in [-0.05, 0) is 18.6 Å². The Labute approximate surface area is 154 Å². The molecule has 0 unspecified atom stereocenters. The van der Waals surface area contributed by atoms with Crippen molar-refractivity contribution in [3.8, 4) is 0 Å². The van der Waals surface area contributed by atoms with Crippen molar-refractivity contribution >= 4 is 22.8 Å². The third kappa shape index (κ3) is 3.20. The molecule has 0 radical (unpaired) electrons. The summed E-state index contributed by atoms with van der Waals surface area (Å²) >= 11 is 0. The van der Waals surface area contributed by atoms with Gasteiger partial charge in [0.1, 0.15) is 12.7 Å². The lowest BCUT2D eigenvalue weighted by atomic mass is 10.1. The first-order chi connectivity index (χ1) is 13.1. The van der Waals surface area contributed by atoms with E-state index < -0.39 is 0 Å². The van der Waals surface area contributed by atoms with Crippen molar-refractivity contribution in [2.75, 3.05) is 0 Å². The smallest absolute Gasteiger partial charge is 0.269 e. The fourth-order valence-electron chi connectivity index (χ4n) is 3.11. The van der Waals surface area contributed by atoms with Crippen LogP contribution in [0.1, 0.15) is 16.8 Å². The Hall–Kier alpha value is -3.81. The van der Waals surface area contributed by atoms with Crippen LogP contribution in [0.5, 0.6) is 0 Å². The highest BCUT2D eigenvalue weighted by molar-refractivity contribution is 6.01. The highest BCUT2D eigenvalue weighted by Crippen LogP contribution is 2.26. The van der Waals surface area contributed by atoms with Gasteiger partial charge < -0.3 is 4.57 Å². The van der Waals surface area contributed by atoms with E-state index in [0.717, 1.165) is 27.7 Å². The summed E-state index contributed by atoms with van der Waals surface area (Å²) in [4.78, 5) is 10.5. The summed E-state index contributed by atoms with van der Waals surface area (Å²) in [6, 6.07) is 14.7. The number of hydrogen-bond acceptors (Lipinski definition) is 5. The first kappa shape index (κ1) is 16.6. The van der Waals surface area contributed by atoms with Crippen LogP contribution in [-0.4, -0.2) is 30.6 Å². The Bertz CT molecular complexity index is 1130. The van der Waals surface area contributed by atoms with Gasteiger partial charge in [-0.2, -0.15) is 5.10 Å². The minimum atomic E-state index is -0.389. The second kappa shape index (κ2) is 6.83. The number of benzene rings is 2. The maximum Gasteiger partial charge on any atom is 0.269 e. The molecule has 0 saturated carbocycles. The molecule has 2 aromatic heterocycles. The molecule has 4 aromatic rings. The minimum Gasteiger partial charge on any atom is -0.340 e. The average Bonchev–Trinajstić information content (AvgIpc) is 3.28. The van der Waals surface area contributed by atoms with Crippen molar-refractivity contribution in [2.24, 2.45) is 5.10 Å². The molecule has 0 saturated heterocycles. The lowest BCUT2D eigenvalue weighted by Gasteiger charge is -2.08. The largest absolute Gasteiger partial charge is 0.340 e. The molecule has 0 N–H and O–H groups in total. The summed E-state index contributed by atoms with van der Waals surface area (Å²) in [6.07, 6.45) is 4.86. The molecule has 0 bridgehead atoms. The maximum absolute atomic E-state index is 10.8. The summed E-state index contributed by atoms with van der Waals surface area (Å²) in [7, 11) is 0.